The number of piperazine rings is 1. The molecular formula is C19H40N2. The second-order valence-corrected chi connectivity index (χ2v) is 7.23. The quantitative estimate of drug-likeness (QED) is 0.549. The minimum Gasteiger partial charge on any atom is -0.311 e. The maximum Gasteiger partial charge on any atom is 0.0246 e. The Labute approximate surface area is 134 Å². The summed E-state index contributed by atoms with van der Waals surface area (Å²) < 4.78 is 0. The molecule has 0 saturated carbocycles. The molecule has 1 N–H and O–H groups in total. The van der Waals surface area contributed by atoms with Gasteiger partial charge in [-0.15, -0.1) is 0 Å². The van der Waals surface area contributed by atoms with E-state index in [-0.39, 0.29) is 0 Å². The van der Waals surface area contributed by atoms with Crippen LogP contribution in [0.2, 0.25) is 0 Å². The molecule has 1 aliphatic rings. The van der Waals surface area contributed by atoms with Crippen LogP contribution in [0.1, 0.15) is 85.5 Å². The Morgan fingerprint density at radius 3 is 2.24 bits per heavy atom. The van der Waals surface area contributed by atoms with Crippen LogP contribution in [0.25, 0.3) is 0 Å². The van der Waals surface area contributed by atoms with Crippen LogP contribution in [0.4, 0.5) is 0 Å². The van der Waals surface area contributed by atoms with E-state index in [1.54, 1.807) is 0 Å². The van der Waals surface area contributed by atoms with E-state index in [1.807, 2.05) is 0 Å². The normalized spacial score (nSPS) is 25.1. The fourth-order valence-electron chi connectivity index (χ4n) is 3.54. The number of hydrogen-bond acceptors (Lipinski definition) is 2. The van der Waals surface area contributed by atoms with Gasteiger partial charge in [-0.05, 0) is 25.8 Å². The lowest BCUT2D eigenvalue weighted by Gasteiger charge is -2.42. The molecule has 1 aliphatic heterocycles. The predicted octanol–water partition coefficient (Wildman–Crippen LogP) is 4.84. The molecule has 2 nitrogen and oxygen atoms in total. The van der Waals surface area contributed by atoms with E-state index in [2.05, 4.69) is 37.9 Å². The zero-order valence-electron chi connectivity index (χ0n) is 15.2. The van der Waals surface area contributed by atoms with E-state index >= 15 is 0 Å². The molecule has 3 atom stereocenters. The van der Waals surface area contributed by atoms with Crippen molar-refractivity contribution in [1.82, 2.24) is 10.2 Å². The second-order valence-electron chi connectivity index (χ2n) is 7.23. The number of hydrogen-bond donors (Lipinski definition) is 1. The summed E-state index contributed by atoms with van der Waals surface area (Å²) in [5.74, 6) is 0.819. The molecule has 0 bridgehead atoms. The maximum atomic E-state index is 3.67. The van der Waals surface area contributed by atoms with Crippen LogP contribution in [0.5, 0.6) is 0 Å². The average Bonchev–Trinajstić information content (AvgIpc) is 2.49. The lowest BCUT2D eigenvalue weighted by molar-refractivity contribution is 0.0936. The fraction of sp³-hybridized carbons (Fsp3) is 1.00. The standard InChI is InChI=1S/C19H40N2/c1-5-7-8-9-10-11-12-13-14-21-16-18(4)20-15-19(21)17(3)6-2/h17-20H,5-16H2,1-4H3. The highest BCUT2D eigenvalue weighted by molar-refractivity contribution is 4.86. The summed E-state index contributed by atoms with van der Waals surface area (Å²) in [6, 6.07) is 1.43. The summed E-state index contributed by atoms with van der Waals surface area (Å²) in [6.45, 7) is 13.1. The van der Waals surface area contributed by atoms with Gasteiger partial charge in [0.1, 0.15) is 0 Å². The minimum atomic E-state index is 0.666. The van der Waals surface area contributed by atoms with Gasteiger partial charge in [0, 0.05) is 25.2 Å². The van der Waals surface area contributed by atoms with Gasteiger partial charge >= 0.3 is 0 Å². The molecule has 1 heterocycles. The molecule has 1 rings (SSSR count). The SMILES string of the molecule is CCCCCCCCCCN1CC(C)NCC1C(C)CC. The molecule has 1 fully saturated rings. The van der Waals surface area contributed by atoms with Gasteiger partial charge in [-0.2, -0.15) is 0 Å². The molecule has 3 unspecified atom stereocenters. The van der Waals surface area contributed by atoms with Crippen LogP contribution in [-0.4, -0.2) is 36.6 Å². The van der Waals surface area contributed by atoms with Crippen molar-refractivity contribution in [3.05, 3.63) is 0 Å². The van der Waals surface area contributed by atoms with Gasteiger partial charge in [-0.1, -0.05) is 72.1 Å². The van der Waals surface area contributed by atoms with Crippen molar-refractivity contribution in [2.24, 2.45) is 5.92 Å². The Balaban J connectivity index is 2.15. The van der Waals surface area contributed by atoms with E-state index in [0.29, 0.717) is 6.04 Å². The number of unbranched alkanes of at least 4 members (excludes halogenated alkanes) is 7. The molecule has 0 amide bonds. The molecule has 2 heteroatoms. The van der Waals surface area contributed by atoms with Crippen molar-refractivity contribution in [2.75, 3.05) is 19.6 Å². The van der Waals surface area contributed by atoms with Crippen LogP contribution in [-0.2, 0) is 0 Å². The van der Waals surface area contributed by atoms with Gasteiger partial charge in [-0.25, -0.2) is 0 Å². The second kappa shape index (κ2) is 11.5. The summed E-state index contributed by atoms with van der Waals surface area (Å²) in [4.78, 5) is 2.77. The van der Waals surface area contributed by atoms with Crippen LogP contribution in [0.3, 0.4) is 0 Å². The Morgan fingerprint density at radius 2 is 1.62 bits per heavy atom. The molecule has 0 aromatic carbocycles. The lowest BCUT2D eigenvalue weighted by atomic mass is 9.94. The van der Waals surface area contributed by atoms with Crippen LogP contribution in [0, 0.1) is 5.92 Å². The van der Waals surface area contributed by atoms with Crippen molar-refractivity contribution >= 4 is 0 Å². The van der Waals surface area contributed by atoms with Gasteiger partial charge in [-0.3, -0.25) is 4.90 Å². The minimum absolute atomic E-state index is 0.666. The van der Waals surface area contributed by atoms with E-state index in [0.717, 1.165) is 12.0 Å². The predicted molar refractivity (Wildman–Crippen MR) is 94.9 cm³/mol. The zero-order valence-corrected chi connectivity index (χ0v) is 15.2. The third-order valence-electron chi connectivity index (χ3n) is 5.25. The summed E-state index contributed by atoms with van der Waals surface area (Å²) in [7, 11) is 0. The molecule has 126 valence electrons. The lowest BCUT2D eigenvalue weighted by Crippen LogP contribution is -2.57. The van der Waals surface area contributed by atoms with Crippen LogP contribution in [0.15, 0.2) is 0 Å². The Morgan fingerprint density at radius 1 is 1.00 bits per heavy atom. The smallest absolute Gasteiger partial charge is 0.0246 e. The van der Waals surface area contributed by atoms with Gasteiger partial charge < -0.3 is 5.32 Å². The highest BCUT2D eigenvalue weighted by Gasteiger charge is 2.28. The first-order valence-electron chi connectivity index (χ1n) is 9.66. The number of rotatable bonds is 11. The Kier molecular flexibility index (Phi) is 10.4. The first-order valence-corrected chi connectivity index (χ1v) is 9.66. The van der Waals surface area contributed by atoms with Crippen molar-refractivity contribution in [3.8, 4) is 0 Å². The first kappa shape index (κ1) is 19.0. The molecule has 21 heavy (non-hydrogen) atoms. The van der Waals surface area contributed by atoms with Crippen molar-refractivity contribution < 1.29 is 0 Å². The highest BCUT2D eigenvalue weighted by Crippen LogP contribution is 2.19. The highest BCUT2D eigenvalue weighted by atomic mass is 15.2. The Bertz CT molecular complexity index is 242. The van der Waals surface area contributed by atoms with Gasteiger partial charge in [0.05, 0.1) is 0 Å². The molecule has 0 aromatic heterocycles. The molecule has 0 aromatic rings. The molecule has 0 spiro atoms. The number of nitrogens with one attached hydrogen (secondary N) is 1. The van der Waals surface area contributed by atoms with E-state index in [9.17, 15) is 0 Å². The summed E-state index contributed by atoms with van der Waals surface area (Å²) in [6.07, 6.45) is 12.7. The monoisotopic (exact) mass is 296 g/mol. The molecule has 0 radical (unpaired) electrons. The van der Waals surface area contributed by atoms with E-state index < -0.39 is 0 Å². The third-order valence-corrected chi connectivity index (χ3v) is 5.25. The van der Waals surface area contributed by atoms with E-state index in [4.69, 9.17) is 0 Å². The summed E-state index contributed by atoms with van der Waals surface area (Å²) >= 11 is 0. The summed E-state index contributed by atoms with van der Waals surface area (Å²) in [5, 5.41) is 3.67. The topological polar surface area (TPSA) is 15.3 Å². The first-order chi connectivity index (χ1) is 10.2. The van der Waals surface area contributed by atoms with Crippen molar-refractivity contribution in [3.63, 3.8) is 0 Å². The van der Waals surface area contributed by atoms with Crippen molar-refractivity contribution in [2.45, 2.75) is 97.6 Å². The van der Waals surface area contributed by atoms with Gasteiger partial charge in [0.15, 0.2) is 0 Å². The molecule has 0 aliphatic carbocycles. The molecular weight excluding hydrogens is 256 g/mol. The number of nitrogens with zero attached hydrogens (tertiary/aromatic N) is 1. The largest absolute Gasteiger partial charge is 0.311 e. The van der Waals surface area contributed by atoms with Crippen LogP contribution < -0.4 is 5.32 Å². The Hall–Kier alpha value is -0.0800. The third kappa shape index (κ3) is 7.65. The van der Waals surface area contributed by atoms with Gasteiger partial charge in [0.25, 0.3) is 0 Å². The van der Waals surface area contributed by atoms with Crippen molar-refractivity contribution in [1.29, 1.82) is 0 Å². The average molecular weight is 297 g/mol. The maximum absolute atomic E-state index is 3.67. The van der Waals surface area contributed by atoms with Crippen LogP contribution >= 0.6 is 0 Å². The molecule has 1 saturated heterocycles. The van der Waals surface area contributed by atoms with Gasteiger partial charge in [0.2, 0.25) is 0 Å². The summed E-state index contributed by atoms with van der Waals surface area (Å²) in [5.41, 5.74) is 0. The fourth-order valence-corrected chi connectivity index (χ4v) is 3.54. The zero-order chi connectivity index (χ0) is 15.5. The van der Waals surface area contributed by atoms with E-state index in [1.165, 1.54) is 77.4 Å².